The number of hydrazine groups is 1. The second kappa shape index (κ2) is 8.51. The molecule has 1 aliphatic heterocycles. The minimum atomic E-state index is -1.03. The van der Waals surface area contributed by atoms with Crippen LogP contribution in [-0.2, 0) is 6.54 Å². The highest BCUT2D eigenvalue weighted by Crippen LogP contribution is 2.25. The molecule has 0 atom stereocenters. The maximum Gasteiger partial charge on any atom is 0.404 e. The number of hydrogen-bond donors (Lipinski definition) is 4. The number of imidazole rings is 1. The average molecular weight is 412 g/mol. The standard InChI is InChI=1S/C17H19Cl2N5O3/c18-12-4-1-3-11(15(12)19)9-24-14-10-23(8-5-13(14)22-16(24)25)21-7-2-6-20-17(26)27/h1,3-5,10,20-21H,2,6-9H2,(H,22,25)(H,26,27). The van der Waals surface area contributed by atoms with E-state index in [0.29, 0.717) is 42.6 Å². The Morgan fingerprint density at radius 3 is 2.89 bits per heavy atom. The zero-order valence-corrected chi connectivity index (χ0v) is 15.8. The lowest BCUT2D eigenvalue weighted by Gasteiger charge is -2.21. The number of amides is 1. The third-order valence-electron chi connectivity index (χ3n) is 4.13. The van der Waals surface area contributed by atoms with Gasteiger partial charge >= 0.3 is 11.8 Å². The number of aromatic amines is 1. The van der Waals surface area contributed by atoms with E-state index in [2.05, 4.69) is 15.7 Å². The molecular formula is C17H19Cl2N5O3. The Labute approximate surface area is 164 Å². The van der Waals surface area contributed by atoms with Crippen LogP contribution in [0.1, 0.15) is 12.0 Å². The topological polar surface area (TPSA) is 102 Å². The van der Waals surface area contributed by atoms with Gasteiger partial charge in [0.05, 0.1) is 33.8 Å². The molecular weight excluding hydrogens is 393 g/mol. The molecule has 1 amide bonds. The highest BCUT2D eigenvalue weighted by atomic mass is 35.5. The Morgan fingerprint density at radius 1 is 1.30 bits per heavy atom. The zero-order valence-electron chi connectivity index (χ0n) is 14.3. The van der Waals surface area contributed by atoms with E-state index in [4.69, 9.17) is 28.3 Å². The number of H-pyrrole nitrogens is 1. The number of carbonyl (C=O) groups is 1. The second-order valence-electron chi connectivity index (χ2n) is 6.01. The molecule has 1 aromatic heterocycles. The zero-order chi connectivity index (χ0) is 19.4. The summed E-state index contributed by atoms with van der Waals surface area (Å²) in [5.41, 5.74) is 3.72. The number of aromatic nitrogens is 2. The molecule has 27 heavy (non-hydrogen) atoms. The molecule has 0 radical (unpaired) electrons. The summed E-state index contributed by atoms with van der Waals surface area (Å²) < 4.78 is 1.60. The van der Waals surface area contributed by atoms with Crippen LogP contribution in [0, 0.1) is 0 Å². The number of rotatable bonds is 7. The maximum atomic E-state index is 12.4. The Hall–Kier alpha value is -2.42. The molecule has 10 heteroatoms. The molecule has 2 aromatic rings. The Kier molecular flexibility index (Phi) is 6.10. The predicted molar refractivity (Wildman–Crippen MR) is 104 cm³/mol. The van der Waals surface area contributed by atoms with E-state index in [9.17, 15) is 9.59 Å². The van der Waals surface area contributed by atoms with E-state index in [1.54, 1.807) is 16.7 Å². The smallest absolute Gasteiger partial charge is 0.404 e. The summed E-state index contributed by atoms with van der Waals surface area (Å²) in [5, 5.41) is 15.1. The first-order chi connectivity index (χ1) is 13.0. The Balaban J connectivity index is 1.76. The van der Waals surface area contributed by atoms with Gasteiger partial charge < -0.3 is 20.4 Å². The van der Waals surface area contributed by atoms with Crippen LogP contribution >= 0.6 is 23.2 Å². The van der Waals surface area contributed by atoms with Crippen LogP contribution in [0.3, 0.4) is 0 Å². The van der Waals surface area contributed by atoms with Gasteiger partial charge in [-0.1, -0.05) is 35.3 Å². The van der Waals surface area contributed by atoms with Gasteiger partial charge in [0.2, 0.25) is 0 Å². The summed E-state index contributed by atoms with van der Waals surface area (Å²) in [6, 6.07) is 5.33. The summed E-state index contributed by atoms with van der Waals surface area (Å²) in [5.74, 6) is 0. The van der Waals surface area contributed by atoms with Gasteiger partial charge in [-0.15, -0.1) is 0 Å². The molecule has 2 heterocycles. The van der Waals surface area contributed by atoms with Crippen LogP contribution in [0.25, 0.3) is 12.3 Å². The van der Waals surface area contributed by atoms with E-state index in [1.807, 2.05) is 23.4 Å². The molecule has 0 spiro atoms. The minimum Gasteiger partial charge on any atom is -0.465 e. The third kappa shape index (κ3) is 4.65. The van der Waals surface area contributed by atoms with Crippen molar-refractivity contribution in [2.45, 2.75) is 13.0 Å². The molecule has 144 valence electrons. The average Bonchev–Trinajstić information content (AvgIpc) is 2.93. The quantitative estimate of drug-likeness (QED) is 0.497. The summed E-state index contributed by atoms with van der Waals surface area (Å²) in [6.07, 6.45) is 3.36. The van der Waals surface area contributed by atoms with Gasteiger partial charge in [-0.3, -0.25) is 4.57 Å². The first-order valence-electron chi connectivity index (χ1n) is 8.36. The van der Waals surface area contributed by atoms with Gasteiger partial charge in [-0.05, 0) is 24.1 Å². The van der Waals surface area contributed by atoms with Crippen LogP contribution in [0.2, 0.25) is 10.0 Å². The van der Waals surface area contributed by atoms with Crippen molar-refractivity contribution >= 4 is 41.6 Å². The van der Waals surface area contributed by atoms with Crippen LogP contribution in [0.15, 0.2) is 23.0 Å². The van der Waals surface area contributed by atoms with Crippen molar-refractivity contribution in [1.29, 1.82) is 0 Å². The lowest BCUT2D eigenvalue weighted by Crippen LogP contribution is -2.45. The lowest BCUT2D eigenvalue weighted by atomic mass is 10.2. The van der Waals surface area contributed by atoms with Crippen molar-refractivity contribution in [2.75, 3.05) is 19.6 Å². The van der Waals surface area contributed by atoms with Crippen LogP contribution in [0.4, 0.5) is 4.79 Å². The molecule has 0 aliphatic carbocycles. The molecule has 0 saturated carbocycles. The summed E-state index contributed by atoms with van der Waals surface area (Å²) in [4.78, 5) is 25.6. The van der Waals surface area contributed by atoms with E-state index in [0.717, 1.165) is 16.3 Å². The minimum absolute atomic E-state index is 0.226. The highest BCUT2D eigenvalue weighted by molar-refractivity contribution is 6.42. The van der Waals surface area contributed by atoms with Crippen LogP contribution in [0.5, 0.6) is 0 Å². The molecule has 0 bridgehead atoms. The highest BCUT2D eigenvalue weighted by Gasteiger charge is 2.12. The van der Waals surface area contributed by atoms with E-state index < -0.39 is 6.09 Å². The van der Waals surface area contributed by atoms with Gasteiger partial charge in [0.1, 0.15) is 0 Å². The molecule has 8 nitrogen and oxygen atoms in total. The van der Waals surface area contributed by atoms with Gasteiger partial charge in [0, 0.05) is 19.3 Å². The van der Waals surface area contributed by atoms with Crippen molar-refractivity contribution in [1.82, 2.24) is 25.3 Å². The first kappa shape index (κ1) is 19.3. The van der Waals surface area contributed by atoms with Crippen molar-refractivity contribution in [2.24, 2.45) is 0 Å². The normalized spacial score (nSPS) is 12.9. The molecule has 0 saturated heterocycles. The van der Waals surface area contributed by atoms with Crippen molar-refractivity contribution in [3.63, 3.8) is 0 Å². The number of nitrogens with zero attached hydrogens (tertiary/aromatic N) is 2. The van der Waals surface area contributed by atoms with Crippen LogP contribution < -0.4 is 27.1 Å². The largest absolute Gasteiger partial charge is 0.465 e. The van der Waals surface area contributed by atoms with Gasteiger partial charge in [0.25, 0.3) is 0 Å². The number of halogens is 2. The second-order valence-corrected chi connectivity index (χ2v) is 6.79. The number of hydrogen-bond acceptors (Lipinski definition) is 4. The van der Waals surface area contributed by atoms with Gasteiger partial charge in [-0.25, -0.2) is 15.0 Å². The number of nitrogens with one attached hydrogen (secondary N) is 3. The third-order valence-corrected chi connectivity index (χ3v) is 4.99. The van der Waals surface area contributed by atoms with E-state index >= 15 is 0 Å². The molecule has 3 rings (SSSR count). The summed E-state index contributed by atoms with van der Waals surface area (Å²) >= 11 is 12.3. The fraction of sp³-hybridized carbons (Fsp3) is 0.294. The van der Waals surface area contributed by atoms with Crippen molar-refractivity contribution in [3.8, 4) is 0 Å². The fourth-order valence-electron chi connectivity index (χ4n) is 2.80. The van der Waals surface area contributed by atoms with E-state index in [1.165, 1.54) is 0 Å². The van der Waals surface area contributed by atoms with Gasteiger partial charge in [-0.2, -0.15) is 0 Å². The summed E-state index contributed by atoms with van der Waals surface area (Å²) in [6.45, 7) is 1.84. The predicted octanol–water partition coefficient (Wildman–Crippen LogP) is 0.528. The molecule has 0 unspecified atom stereocenters. The Bertz CT molecular complexity index is 1010. The molecule has 0 fully saturated rings. The monoisotopic (exact) mass is 411 g/mol. The number of fused-ring (bicyclic) bond motifs is 1. The maximum absolute atomic E-state index is 12.4. The lowest BCUT2D eigenvalue weighted by molar-refractivity contribution is 0.194. The Morgan fingerprint density at radius 2 is 2.11 bits per heavy atom. The SMILES string of the molecule is O=C(O)NCCCNN1C=c2c([nH]c(=O)n2Cc2cccc(Cl)c2Cl)=CC1. The fourth-order valence-corrected chi connectivity index (χ4v) is 3.18. The number of carboxylic acid groups (broad SMARTS) is 1. The molecule has 1 aliphatic rings. The molecule has 4 N–H and O–H groups in total. The van der Waals surface area contributed by atoms with E-state index in [-0.39, 0.29) is 5.69 Å². The first-order valence-corrected chi connectivity index (χ1v) is 9.12. The van der Waals surface area contributed by atoms with Crippen LogP contribution in [-0.4, -0.2) is 45.4 Å². The number of benzene rings is 1. The van der Waals surface area contributed by atoms with Crippen molar-refractivity contribution in [3.05, 3.63) is 55.0 Å². The van der Waals surface area contributed by atoms with Gasteiger partial charge in [0.15, 0.2) is 0 Å². The van der Waals surface area contributed by atoms with Crippen molar-refractivity contribution < 1.29 is 9.90 Å². The summed E-state index contributed by atoms with van der Waals surface area (Å²) in [7, 11) is 0. The molecule has 1 aromatic carbocycles.